The number of nitrogens with one attached hydrogen (secondary N) is 1. The molecule has 9 heteroatoms. The van der Waals surface area contributed by atoms with E-state index in [1.165, 1.54) is 50.3 Å². The second kappa shape index (κ2) is 9.97. The Morgan fingerprint density at radius 2 is 1.97 bits per heavy atom. The number of amides is 1. The molecule has 35 heavy (non-hydrogen) atoms. The fourth-order valence-corrected chi connectivity index (χ4v) is 6.23. The van der Waals surface area contributed by atoms with Gasteiger partial charge in [0.1, 0.15) is 11.6 Å². The highest BCUT2D eigenvalue weighted by Crippen LogP contribution is 2.37. The molecule has 0 bridgehead atoms. The van der Waals surface area contributed by atoms with Crippen molar-refractivity contribution in [3.63, 3.8) is 0 Å². The smallest absolute Gasteiger partial charge is 0.281 e. The van der Waals surface area contributed by atoms with Crippen molar-refractivity contribution < 1.29 is 13.2 Å². The van der Waals surface area contributed by atoms with Gasteiger partial charge in [-0.25, -0.2) is 14.7 Å². The van der Waals surface area contributed by atoms with E-state index in [-0.39, 0.29) is 21.9 Å². The molecule has 1 aliphatic heterocycles. The van der Waals surface area contributed by atoms with E-state index < -0.39 is 15.9 Å². The van der Waals surface area contributed by atoms with Crippen LogP contribution in [0.3, 0.4) is 0 Å². The van der Waals surface area contributed by atoms with Crippen LogP contribution in [0.15, 0.2) is 41.6 Å². The van der Waals surface area contributed by atoms with E-state index in [1.54, 1.807) is 12.3 Å². The minimum atomic E-state index is -4.21. The van der Waals surface area contributed by atoms with Gasteiger partial charge in [-0.15, -0.1) is 0 Å². The van der Waals surface area contributed by atoms with Crippen molar-refractivity contribution in [2.24, 2.45) is 11.8 Å². The van der Waals surface area contributed by atoms with Crippen LogP contribution in [-0.4, -0.2) is 36.4 Å². The lowest BCUT2D eigenvalue weighted by molar-refractivity contribution is 0.0981. The average molecular weight is 498 g/mol. The molecule has 1 saturated heterocycles. The van der Waals surface area contributed by atoms with Gasteiger partial charge in [0.15, 0.2) is 5.03 Å². The fourth-order valence-electron chi connectivity index (χ4n) is 5.29. The third kappa shape index (κ3) is 5.83. The van der Waals surface area contributed by atoms with E-state index >= 15 is 0 Å². The van der Waals surface area contributed by atoms with Gasteiger partial charge < -0.3 is 10.6 Å². The number of sulfonamides is 1. The lowest BCUT2D eigenvalue weighted by Gasteiger charge is -2.33. The molecule has 1 unspecified atom stereocenters. The average Bonchev–Trinajstić information content (AvgIpc) is 3.09. The van der Waals surface area contributed by atoms with E-state index in [1.807, 2.05) is 6.08 Å². The van der Waals surface area contributed by atoms with Gasteiger partial charge in [0.25, 0.3) is 15.9 Å². The maximum atomic E-state index is 13.4. The summed E-state index contributed by atoms with van der Waals surface area (Å²) in [7, 11) is -4.21. The first-order valence-electron chi connectivity index (χ1n) is 12.3. The Labute approximate surface area is 208 Å². The number of carbonyl (C=O) groups excluding carboxylic acids is 1. The van der Waals surface area contributed by atoms with E-state index in [0.29, 0.717) is 17.7 Å². The monoisotopic (exact) mass is 497 g/mol. The van der Waals surface area contributed by atoms with Crippen LogP contribution >= 0.6 is 0 Å². The molecule has 4 rings (SSSR count). The summed E-state index contributed by atoms with van der Waals surface area (Å²) in [6.45, 7) is 7.13. The molecular weight excluding hydrogens is 462 g/mol. The zero-order valence-corrected chi connectivity index (χ0v) is 21.5. The zero-order chi connectivity index (χ0) is 25.2. The van der Waals surface area contributed by atoms with Crippen molar-refractivity contribution in [3.05, 3.63) is 47.7 Å². The number of hydrogen-bond donors (Lipinski definition) is 2. The number of allylic oxidation sites excluding steroid dienone is 1. The Hall–Kier alpha value is -2.94. The van der Waals surface area contributed by atoms with Crippen LogP contribution in [0, 0.1) is 11.8 Å². The minimum absolute atomic E-state index is 0.0605. The number of pyridine rings is 2. The van der Waals surface area contributed by atoms with Crippen molar-refractivity contribution in [1.29, 1.82) is 0 Å². The third-order valence-corrected chi connectivity index (χ3v) is 8.15. The first-order chi connectivity index (χ1) is 16.5. The molecule has 1 saturated carbocycles. The molecule has 188 valence electrons. The predicted molar refractivity (Wildman–Crippen MR) is 138 cm³/mol. The van der Waals surface area contributed by atoms with Crippen molar-refractivity contribution in [3.8, 4) is 0 Å². The molecule has 1 amide bonds. The highest BCUT2D eigenvalue weighted by molar-refractivity contribution is 7.90. The van der Waals surface area contributed by atoms with Gasteiger partial charge in [-0.3, -0.25) is 4.79 Å². The number of anilines is 2. The van der Waals surface area contributed by atoms with Crippen molar-refractivity contribution >= 4 is 33.6 Å². The molecule has 2 fully saturated rings. The summed E-state index contributed by atoms with van der Waals surface area (Å²) in [5.74, 6) is 0.760. The largest absolute Gasteiger partial charge is 0.384 e. The Morgan fingerprint density at radius 3 is 2.63 bits per heavy atom. The lowest BCUT2D eigenvalue weighted by atomic mass is 9.89. The fraction of sp³-hybridized carbons (Fsp3) is 0.500. The summed E-state index contributed by atoms with van der Waals surface area (Å²) in [5.41, 5.74) is 6.44. The molecule has 3 heterocycles. The first-order valence-corrected chi connectivity index (χ1v) is 13.8. The number of carbonyl (C=O) groups is 1. The second-order valence-electron chi connectivity index (χ2n) is 10.5. The molecular formula is C26H35N5O3S. The number of hydrogen-bond acceptors (Lipinski definition) is 7. The lowest BCUT2D eigenvalue weighted by Crippen LogP contribution is -2.41. The Bertz CT molecular complexity index is 1220. The number of nitrogens with zero attached hydrogens (tertiary/aromatic N) is 3. The SMILES string of the molecule is CC1CN(c2ncc(C=CC3CCCCC3)cc2C(=O)NS(=O)(=O)c2cccc(N)n2)C(C)(C)C1. The van der Waals surface area contributed by atoms with Gasteiger partial charge in [-0.1, -0.05) is 44.4 Å². The van der Waals surface area contributed by atoms with E-state index in [0.717, 1.165) is 18.5 Å². The molecule has 2 aliphatic rings. The van der Waals surface area contributed by atoms with Crippen LogP contribution in [0.2, 0.25) is 0 Å². The third-order valence-electron chi connectivity index (χ3n) is 6.92. The summed E-state index contributed by atoms with van der Waals surface area (Å²) in [6.07, 6.45) is 13.0. The molecule has 0 aromatic carbocycles. The molecule has 3 N–H and O–H groups in total. The van der Waals surface area contributed by atoms with Gasteiger partial charge in [0, 0.05) is 18.3 Å². The summed E-state index contributed by atoms with van der Waals surface area (Å²) < 4.78 is 28.0. The van der Waals surface area contributed by atoms with Crippen molar-refractivity contribution in [2.75, 3.05) is 17.2 Å². The van der Waals surface area contributed by atoms with E-state index in [4.69, 9.17) is 5.73 Å². The summed E-state index contributed by atoms with van der Waals surface area (Å²) in [4.78, 5) is 24.0. The van der Waals surface area contributed by atoms with Gasteiger partial charge >= 0.3 is 0 Å². The maximum Gasteiger partial charge on any atom is 0.281 e. The Balaban J connectivity index is 1.68. The van der Waals surface area contributed by atoms with Crippen LogP contribution < -0.4 is 15.4 Å². The van der Waals surface area contributed by atoms with Crippen molar-refractivity contribution in [1.82, 2.24) is 14.7 Å². The molecule has 2 aromatic heterocycles. The molecule has 1 atom stereocenters. The highest BCUT2D eigenvalue weighted by Gasteiger charge is 2.39. The first kappa shape index (κ1) is 25.2. The van der Waals surface area contributed by atoms with Gasteiger partial charge in [-0.2, -0.15) is 8.42 Å². The normalized spacial score (nSPS) is 20.9. The van der Waals surface area contributed by atoms with Crippen molar-refractivity contribution in [2.45, 2.75) is 69.9 Å². The standard InChI is InChI=1S/C26H35N5O3S/c1-18-15-26(2,3)31(17-18)24-21(14-20(16-28-24)13-12-19-8-5-4-6-9-19)25(32)30-35(33,34)23-11-7-10-22(27)29-23/h7,10-14,16,18-19H,4-6,8-9,15,17H2,1-3H3,(H2,27,29)(H,30,32). The van der Waals surface area contributed by atoms with E-state index in [9.17, 15) is 13.2 Å². The molecule has 0 radical (unpaired) electrons. The molecule has 0 spiro atoms. The summed E-state index contributed by atoms with van der Waals surface area (Å²) in [5, 5.41) is -0.302. The zero-order valence-electron chi connectivity index (χ0n) is 20.7. The number of nitrogen functional groups attached to an aromatic ring is 1. The second-order valence-corrected chi connectivity index (χ2v) is 12.1. The number of aromatic nitrogens is 2. The van der Waals surface area contributed by atoms with E-state index in [2.05, 4.69) is 46.4 Å². The van der Waals surface area contributed by atoms with Gasteiger partial charge in [0.2, 0.25) is 0 Å². The Morgan fingerprint density at radius 1 is 1.23 bits per heavy atom. The Kier molecular flexibility index (Phi) is 7.17. The van der Waals surface area contributed by atoms with Crippen LogP contribution in [0.4, 0.5) is 11.6 Å². The number of rotatable bonds is 6. The summed E-state index contributed by atoms with van der Waals surface area (Å²) >= 11 is 0. The maximum absolute atomic E-state index is 13.4. The minimum Gasteiger partial charge on any atom is -0.384 e. The molecule has 1 aliphatic carbocycles. The van der Waals surface area contributed by atoms with Crippen LogP contribution in [0.5, 0.6) is 0 Å². The topological polar surface area (TPSA) is 118 Å². The van der Waals surface area contributed by atoms with Crippen LogP contribution in [-0.2, 0) is 10.0 Å². The molecule has 2 aromatic rings. The van der Waals surface area contributed by atoms with Gasteiger partial charge in [-0.05, 0) is 68.7 Å². The highest BCUT2D eigenvalue weighted by atomic mass is 32.2. The summed E-state index contributed by atoms with van der Waals surface area (Å²) in [6, 6.07) is 6.01. The predicted octanol–water partition coefficient (Wildman–Crippen LogP) is 4.40. The van der Waals surface area contributed by atoms with Crippen LogP contribution in [0.25, 0.3) is 6.08 Å². The van der Waals surface area contributed by atoms with Gasteiger partial charge in [0.05, 0.1) is 5.56 Å². The molecule has 8 nitrogen and oxygen atoms in total. The number of nitrogens with two attached hydrogens (primary N) is 1. The quantitative estimate of drug-likeness (QED) is 0.607. The van der Waals surface area contributed by atoms with Crippen LogP contribution in [0.1, 0.15) is 75.2 Å².